The number of nitrogens with two attached hydrogens (primary N) is 1. The minimum Gasteiger partial charge on any atom is -0.354 e. The molecule has 0 aromatic carbocycles. The molecule has 20 heavy (non-hydrogen) atoms. The van der Waals surface area contributed by atoms with Crippen molar-refractivity contribution in [1.29, 1.82) is 0 Å². The number of aromatic nitrogens is 1. The van der Waals surface area contributed by atoms with Crippen molar-refractivity contribution in [3.8, 4) is 0 Å². The molecule has 1 unspecified atom stereocenters. The van der Waals surface area contributed by atoms with Gasteiger partial charge in [0.2, 0.25) is 5.91 Å². The second-order valence-electron chi connectivity index (χ2n) is 4.51. The number of aryl methyl sites for hydroxylation is 1. The molecule has 1 aromatic rings. The average molecular weight is 279 g/mol. The maximum atomic E-state index is 12.1. The highest BCUT2D eigenvalue weighted by Gasteiger charge is 2.16. The van der Waals surface area contributed by atoms with Crippen LogP contribution in [0, 0.1) is 6.92 Å². The Kier molecular flexibility index (Phi) is 5.92. The summed E-state index contributed by atoms with van der Waals surface area (Å²) in [6.45, 7) is 5.95. The third kappa shape index (κ3) is 4.51. The predicted octanol–water partition coefficient (Wildman–Crippen LogP) is 0.320. The lowest BCUT2D eigenvalue weighted by Gasteiger charge is -2.14. The number of pyridine rings is 1. The molecular weight excluding hydrogens is 258 g/mol. The summed E-state index contributed by atoms with van der Waals surface area (Å²) in [4.78, 5) is 27.8. The number of carbonyl (C=O) groups excluding carboxylic acids is 2. The van der Waals surface area contributed by atoms with Gasteiger partial charge < -0.3 is 16.1 Å². The molecule has 1 atom stereocenters. The molecule has 110 valence electrons. The van der Waals surface area contributed by atoms with Crippen LogP contribution in [0.15, 0.2) is 12.1 Å². The second kappa shape index (κ2) is 7.44. The van der Waals surface area contributed by atoms with Gasteiger partial charge >= 0.3 is 0 Å². The zero-order chi connectivity index (χ0) is 15.1. The van der Waals surface area contributed by atoms with E-state index in [9.17, 15) is 9.59 Å². The van der Waals surface area contributed by atoms with E-state index in [1.807, 2.05) is 6.92 Å². The van der Waals surface area contributed by atoms with E-state index in [2.05, 4.69) is 21.0 Å². The van der Waals surface area contributed by atoms with Crippen LogP contribution >= 0.6 is 0 Å². The smallest absolute Gasteiger partial charge is 0.252 e. The minimum atomic E-state index is -0.600. The van der Waals surface area contributed by atoms with Gasteiger partial charge in [-0.3, -0.25) is 9.59 Å². The van der Waals surface area contributed by atoms with Gasteiger partial charge in [0, 0.05) is 17.8 Å². The summed E-state index contributed by atoms with van der Waals surface area (Å²) in [6.07, 6.45) is 0.849. The number of nitrogens with zero attached hydrogens (tertiary/aromatic N) is 1. The fourth-order valence-electron chi connectivity index (χ4n) is 1.62. The zero-order valence-electron chi connectivity index (χ0n) is 12.0. The van der Waals surface area contributed by atoms with Crippen molar-refractivity contribution in [1.82, 2.24) is 15.6 Å². The Morgan fingerprint density at radius 1 is 1.40 bits per heavy atom. The third-order valence-corrected chi connectivity index (χ3v) is 2.65. The van der Waals surface area contributed by atoms with Crippen LogP contribution in [-0.2, 0) is 4.79 Å². The molecule has 0 saturated carbocycles. The van der Waals surface area contributed by atoms with E-state index < -0.39 is 6.04 Å². The van der Waals surface area contributed by atoms with Gasteiger partial charge in [0.05, 0.1) is 0 Å². The van der Waals surface area contributed by atoms with Crippen LogP contribution in [0.2, 0.25) is 0 Å². The largest absolute Gasteiger partial charge is 0.354 e. The van der Waals surface area contributed by atoms with Crippen molar-refractivity contribution < 1.29 is 9.59 Å². The number of carbonyl (C=O) groups is 2. The van der Waals surface area contributed by atoms with E-state index in [4.69, 9.17) is 5.84 Å². The Labute approximate surface area is 118 Å². The van der Waals surface area contributed by atoms with E-state index in [1.165, 1.54) is 6.07 Å². The molecule has 0 bridgehead atoms. The highest BCUT2D eigenvalue weighted by molar-refractivity contribution is 5.98. The van der Waals surface area contributed by atoms with Gasteiger partial charge in [-0.15, -0.1) is 0 Å². The molecule has 1 heterocycles. The lowest BCUT2D eigenvalue weighted by Crippen LogP contribution is -2.45. The molecule has 5 N–H and O–H groups in total. The molecule has 0 radical (unpaired) electrons. The van der Waals surface area contributed by atoms with Gasteiger partial charge in [0.1, 0.15) is 11.9 Å². The fraction of sp³-hybridized carbons (Fsp3) is 0.462. The molecule has 0 aliphatic carbocycles. The molecule has 0 spiro atoms. The Balaban J connectivity index is 2.71. The number of anilines is 1. The molecule has 7 nitrogen and oxygen atoms in total. The van der Waals surface area contributed by atoms with Gasteiger partial charge in [0.15, 0.2) is 0 Å². The second-order valence-corrected chi connectivity index (χ2v) is 4.51. The van der Waals surface area contributed by atoms with Crippen LogP contribution in [0.3, 0.4) is 0 Å². The molecule has 1 rings (SSSR count). The molecular formula is C13H21N5O2. The third-order valence-electron chi connectivity index (χ3n) is 2.65. The summed E-state index contributed by atoms with van der Waals surface area (Å²) in [5.74, 6) is 5.14. The summed E-state index contributed by atoms with van der Waals surface area (Å²) in [7, 11) is 0. The Bertz CT molecular complexity index is 490. The number of rotatable bonds is 6. The molecule has 1 aromatic heterocycles. The lowest BCUT2D eigenvalue weighted by atomic mass is 10.2. The number of amides is 2. The summed E-state index contributed by atoms with van der Waals surface area (Å²) in [5, 5.41) is 5.36. The SMILES string of the molecule is CCCNC(=O)C(C)NC(=O)c1cc(C)nc(NN)c1. The van der Waals surface area contributed by atoms with Gasteiger partial charge in [-0.25, -0.2) is 10.8 Å². The van der Waals surface area contributed by atoms with Crippen LogP contribution in [0.1, 0.15) is 36.3 Å². The standard InChI is InChI=1S/C13H21N5O2/c1-4-5-15-12(19)9(3)17-13(20)10-6-8(2)16-11(7-10)18-14/h6-7,9H,4-5,14H2,1-3H3,(H,15,19)(H,16,18)(H,17,20). The number of nitrogens with one attached hydrogen (secondary N) is 3. The van der Waals surface area contributed by atoms with Crippen LogP contribution in [0.5, 0.6) is 0 Å². The van der Waals surface area contributed by atoms with Crippen molar-refractivity contribution in [3.63, 3.8) is 0 Å². The number of hydrogen-bond acceptors (Lipinski definition) is 5. The lowest BCUT2D eigenvalue weighted by molar-refractivity contribution is -0.122. The fourth-order valence-corrected chi connectivity index (χ4v) is 1.62. The Hall–Kier alpha value is -2.15. The quantitative estimate of drug-likeness (QED) is 0.443. The summed E-state index contributed by atoms with van der Waals surface area (Å²) < 4.78 is 0. The summed E-state index contributed by atoms with van der Waals surface area (Å²) in [5.41, 5.74) is 3.46. The van der Waals surface area contributed by atoms with Gasteiger partial charge in [0.25, 0.3) is 5.91 Å². The van der Waals surface area contributed by atoms with E-state index in [0.717, 1.165) is 6.42 Å². The van der Waals surface area contributed by atoms with Gasteiger partial charge in [-0.1, -0.05) is 6.92 Å². The summed E-state index contributed by atoms with van der Waals surface area (Å²) >= 11 is 0. The van der Waals surface area contributed by atoms with E-state index >= 15 is 0 Å². The minimum absolute atomic E-state index is 0.205. The van der Waals surface area contributed by atoms with Gasteiger partial charge in [-0.05, 0) is 32.4 Å². The maximum Gasteiger partial charge on any atom is 0.252 e. The molecule has 2 amide bonds. The first kappa shape index (κ1) is 15.9. The number of nitrogen functional groups attached to an aromatic ring is 1. The van der Waals surface area contributed by atoms with Crippen molar-refractivity contribution in [2.45, 2.75) is 33.2 Å². The normalized spacial score (nSPS) is 11.6. The first-order chi connectivity index (χ1) is 9.47. The number of hydrazine groups is 1. The maximum absolute atomic E-state index is 12.1. The molecule has 0 aliphatic heterocycles. The van der Waals surface area contributed by atoms with Crippen LogP contribution in [0.25, 0.3) is 0 Å². The van der Waals surface area contributed by atoms with Crippen LogP contribution in [-0.4, -0.2) is 29.4 Å². The first-order valence-corrected chi connectivity index (χ1v) is 6.51. The topological polar surface area (TPSA) is 109 Å². The average Bonchev–Trinajstić information content (AvgIpc) is 2.43. The van der Waals surface area contributed by atoms with E-state index in [1.54, 1.807) is 19.9 Å². The highest BCUT2D eigenvalue weighted by atomic mass is 16.2. The van der Waals surface area contributed by atoms with Crippen molar-refractivity contribution >= 4 is 17.6 Å². The Morgan fingerprint density at radius 2 is 2.10 bits per heavy atom. The van der Waals surface area contributed by atoms with E-state index in [-0.39, 0.29) is 11.8 Å². The highest BCUT2D eigenvalue weighted by Crippen LogP contribution is 2.09. The Morgan fingerprint density at radius 3 is 2.70 bits per heavy atom. The van der Waals surface area contributed by atoms with E-state index in [0.29, 0.717) is 23.6 Å². The first-order valence-electron chi connectivity index (χ1n) is 6.51. The molecule has 0 fully saturated rings. The molecule has 0 saturated heterocycles. The van der Waals surface area contributed by atoms with Gasteiger partial charge in [-0.2, -0.15) is 0 Å². The molecule has 0 aliphatic rings. The zero-order valence-corrected chi connectivity index (χ0v) is 12.0. The summed E-state index contributed by atoms with van der Waals surface area (Å²) in [6, 6.07) is 2.56. The molecule has 7 heteroatoms. The van der Waals surface area contributed by atoms with Crippen molar-refractivity contribution in [2.75, 3.05) is 12.0 Å². The predicted molar refractivity (Wildman–Crippen MR) is 77.0 cm³/mol. The monoisotopic (exact) mass is 279 g/mol. The number of hydrogen-bond donors (Lipinski definition) is 4. The van der Waals surface area contributed by atoms with Crippen LogP contribution < -0.4 is 21.9 Å². The van der Waals surface area contributed by atoms with Crippen molar-refractivity contribution in [3.05, 3.63) is 23.4 Å². The van der Waals surface area contributed by atoms with Crippen molar-refractivity contribution in [2.24, 2.45) is 5.84 Å². The van der Waals surface area contributed by atoms with Crippen LogP contribution in [0.4, 0.5) is 5.82 Å².